The van der Waals surface area contributed by atoms with Crippen LogP contribution in [0.5, 0.6) is 0 Å². The first-order valence-electron chi connectivity index (χ1n) is 6.47. The van der Waals surface area contributed by atoms with Crippen molar-refractivity contribution in [3.8, 4) is 0 Å². The molecule has 0 radical (unpaired) electrons. The summed E-state index contributed by atoms with van der Waals surface area (Å²) in [5.41, 5.74) is -2.66. The van der Waals surface area contributed by atoms with Gasteiger partial charge in [0.1, 0.15) is 0 Å². The maximum absolute atomic E-state index is 14.1. The van der Waals surface area contributed by atoms with E-state index in [0.29, 0.717) is 29.8 Å². The second-order valence-electron chi connectivity index (χ2n) is 5.09. The summed E-state index contributed by atoms with van der Waals surface area (Å²) in [6.45, 7) is 1.61. The van der Waals surface area contributed by atoms with E-state index in [4.69, 9.17) is 0 Å². The van der Waals surface area contributed by atoms with Crippen LogP contribution in [0.25, 0.3) is 0 Å². The first kappa shape index (κ1) is 17.3. The van der Waals surface area contributed by atoms with E-state index in [1.54, 1.807) is 6.92 Å². The molecule has 0 spiro atoms. The summed E-state index contributed by atoms with van der Waals surface area (Å²) >= 11 is 0. The van der Waals surface area contributed by atoms with Gasteiger partial charge in [0.05, 0.1) is 5.56 Å². The zero-order chi connectivity index (χ0) is 17.5. The highest BCUT2D eigenvalue weighted by atomic mass is 19.4. The van der Waals surface area contributed by atoms with Crippen molar-refractivity contribution in [2.24, 2.45) is 0 Å². The SMILES string of the molecule is Cc1ccc(C(F)(F)C(F)(F)c2ccc(C(F)(F)F)cc2)cc1. The minimum Gasteiger partial charge on any atom is -0.194 e. The van der Waals surface area contributed by atoms with Crippen LogP contribution in [0.15, 0.2) is 48.5 Å². The van der Waals surface area contributed by atoms with E-state index < -0.39 is 34.7 Å². The molecule has 0 saturated carbocycles. The maximum atomic E-state index is 14.1. The molecular weight excluding hydrogens is 325 g/mol. The number of rotatable bonds is 3. The van der Waals surface area contributed by atoms with Crippen LogP contribution in [0.4, 0.5) is 30.7 Å². The summed E-state index contributed by atoms with van der Waals surface area (Å²) in [5.74, 6) is -9.20. The summed E-state index contributed by atoms with van der Waals surface area (Å²) in [6, 6.07) is 5.69. The fourth-order valence-corrected chi connectivity index (χ4v) is 1.99. The number of hydrogen-bond donors (Lipinski definition) is 0. The molecule has 2 aromatic rings. The van der Waals surface area contributed by atoms with Crippen LogP contribution < -0.4 is 0 Å². The van der Waals surface area contributed by atoms with Crippen LogP contribution in [0, 0.1) is 6.92 Å². The lowest BCUT2D eigenvalue weighted by Crippen LogP contribution is -2.35. The van der Waals surface area contributed by atoms with Crippen LogP contribution in [0.2, 0.25) is 0 Å². The molecule has 0 amide bonds. The first-order valence-corrected chi connectivity index (χ1v) is 6.47. The van der Waals surface area contributed by atoms with Crippen molar-refractivity contribution in [2.75, 3.05) is 0 Å². The lowest BCUT2D eigenvalue weighted by Gasteiger charge is -2.27. The number of alkyl halides is 7. The normalized spacial score (nSPS) is 13.2. The van der Waals surface area contributed by atoms with Gasteiger partial charge in [0.15, 0.2) is 0 Å². The van der Waals surface area contributed by atoms with E-state index in [1.165, 1.54) is 12.1 Å². The molecule has 2 rings (SSSR count). The fourth-order valence-electron chi connectivity index (χ4n) is 1.99. The Kier molecular flexibility index (Phi) is 4.17. The molecule has 0 unspecified atom stereocenters. The third-order valence-electron chi connectivity index (χ3n) is 3.38. The predicted octanol–water partition coefficient (Wildman–Crippen LogP) is 5.90. The highest BCUT2D eigenvalue weighted by Gasteiger charge is 2.58. The lowest BCUT2D eigenvalue weighted by atomic mass is 9.95. The van der Waals surface area contributed by atoms with Gasteiger partial charge in [-0.3, -0.25) is 0 Å². The van der Waals surface area contributed by atoms with Crippen molar-refractivity contribution in [1.82, 2.24) is 0 Å². The number of hydrogen-bond acceptors (Lipinski definition) is 0. The maximum Gasteiger partial charge on any atom is 0.416 e. The quantitative estimate of drug-likeness (QED) is 0.612. The van der Waals surface area contributed by atoms with Gasteiger partial charge in [-0.2, -0.15) is 30.7 Å². The topological polar surface area (TPSA) is 0 Å². The smallest absolute Gasteiger partial charge is 0.194 e. The summed E-state index contributed by atoms with van der Waals surface area (Å²) in [6.07, 6.45) is -4.73. The lowest BCUT2D eigenvalue weighted by molar-refractivity contribution is -0.223. The Morgan fingerprint density at radius 1 is 0.522 bits per heavy atom. The molecule has 0 saturated heterocycles. The predicted molar refractivity (Wildman–Crippen MR) is 70.4 cm³/mol. The molecule has 0 fully saturated rings. The third-order valence-corrected chi connectivity index (χ3v) is 3.38. The van der Waals surface area contributed by atoms with Crippen LogP contribution >= 0.6 is 0 Å². The van der Waals surface area contributed by atoms with E-state index in [0.717, 1.165) is 12.1 Å². The standard InChI is InChI=1S/C16H11F7/c1-10-2-4-11(5-3-10)14(17,18)15(19,20)12-6-8-13(9-7-12)16(21,22)23/h2-9H,1H3. The van der Waals surface area contributed by atoms with Crippen LogP contribution in [-0.2, 0) is 18.0 Å². The van der Waals surface area contributed by atoms with Crippen molar-refractivity contribution in [1.29, 1.82) is 0 Å². The van der Waals surface area contributed by atoms with Crippen molar-refractivity contribution in [3.63, 3.8) is 0 Å². The van der Waals surface area contributed by atoms with Crippen molar-refractivity contribution in [2.45, 2.75) is 24.9 Å². The van der Waals surface area contributed by atoms with Crippen LogP contribution in [-0.4, -0.2) is 0 Å². The zero-order valence-corrected chi connectivity index (χ0v) is 11.8. The average molecular weight is 336 g/mol. The van der Waals surface area contributed by atoms with Crippen LogP contribution in [0.1, 0.15) is 22.3 Å². The molecule has 0 bridgehead atoms. The molecule has 0 atom stereocenters. The second-order valence-corrected chi connectivity index (χ2v) is 5.09. The largest absolute Gasteiger partial charge is 0.416 e. The van der Waals surface area contributed by atoms with Gasteiger partial charge >= 0.3 is 18.0 Å². The Balaban J connectivity index is 2.41. The number of benzene rings is 2. The van der Waals surface area contributed by atoms with Gasteiger partial charge in [-0.05, 0) is 19.1 Å². The molecule has 0 N–H and O–H groups in total. The Bertz CT molecular complexity index is 667. The Morgan fingerprint density at radius 3 is 1.17 bits per heavy atom. The molecule has 0 aromatic heterocycles. The van der Waals surface area contributed by atoms with Gasteiger partial charge < -0.3 is 0 Å². The number of halogens is 7. The van der Waals surface area contributed by atoms with E-state index in [-0.39, 0.29) is 0 Å². The second kappa shape index (κ2) is 5.54. The monoisotopic (exact) mass is 336 g/mol. The van der Waals surface area contributed by atoms with Gasteiger partial charge in [0, 0.05) is 11.1 Å². The molecule has 7 heteroatoms. The van der Waals surface area contributed by atoms with E-state index >= 15 is 0 Å². The third kappa shape index (κ3) is 3.18. The highest BCUT2D eigenvalue weighted by molar-refractivity contribution is 5.33. The molecule has 23 heavy (non-hydrogen) atoms. The zero-order valence-electron chi connectivity index (χ0n) is 11.8. The number of aryl methyl sites for hydroxylation is 1. The van der Waals surface area contributed by atoms with Crippen molar-refractivity contribution >= 4 is 0 Å². The minimum atomic E-state index is -4.73. The van der Waals surface area contributed by atoms with Crippen molar-refractivity contribution < 1.29 is 30.7 Å². The molecule has 2 aromatic carbocycles. The van der Waals surface area contributed by atoms with Gasteiger partial charge in [0.2, 0.25) is 0 Å². The molecule has 0 aliphatic carbocycles. The van der Waals surface area contributed by atoms with Crippen LogP contribution in [0.3, 0.4) is 0 Å². The van der Waals surface area contributed by atoms with Gasteiger partial charge in [0.25, 0.3) is 0 Å². The molecule has 124 valence electrons. The summed E-state index contributed by atoms with van der Waals surface area (Å²) in [4.78, 5) is 0. The average Bonchev–Trinajstić information content (AvgIpc) is 2.46. The summed E-state index contributed by atoms with van der Waals surface area (Å²) in [7, 11) is 0. The Labute approximate surface area is 127 Å². The first-order chi connectivity index (χ1) is 10.5. The molecular formula is C16H11F7. The Hall–Kier alpha value is -2.05. The molecule has 0 heterocycles. The van der Waals surface area contributed by atoms with E-state index in [1.807, 2.05) is 0 Å². The van der Waals surface area contributed by atoms with Crippen molar-refractivity contribution in [3.05, 3.63) is 70.8 Å². The highest BCUT2D eigenvalue weighted by Crippen LogP contribution is 2.49. The Morgan fingerprint density at radius 2 is 0.826 bits per heavy atom. The molecule has 0 aliphatic heterocycles. The fraction of sp³-hybridized carbons (Fsp3) is 0.250. The summed E-state index contributed by atoms with van der Waals surface area (Å²) in [5, 5.41) is 0. The van der Waals surface area contributed by atoms with E-state index in [9.17, 15) is 30.7 Å². The molecule has 0 aliphatic rings. The van der Waals surface area contributed by atoms with E-state index in [2.05, 4.69) is 0 Å². The minimum absolute atomic E-state index is 0.356. The van der Waals surface area contributed by atoms with Gasteiger partial charge in [-0.15, -0.1) is 0 Å². The van der Waals surface area contributed by atoms with Gasteiger partial charge in [-0.1, -0.05) is 42.0 Å². The van der Waals surface area contributed by atoms with Gasteiger partial charge in [-0.25, -0.2) is 0 Å². The molecule has 0 nitrogen and oxygen atoms in total. The summed E-state index contributed by atoms with van der Waals surface area (Å²) < 4.78 is 93.7.